The van der Waals surface area contributed by atoms with Crippen LogP contribution in [0.15, 0.2) is 0 Å². The second kappa shape index (κ2) is 26.4. The molecular weight excluding hydrogens is 550 g/mol. The van der Waals surface area contributed by atoms with Crippen molar-refractivity contribution in [3.05, 3.63) is 0 Å². The number of aliphatic hydroxyl groups is 5. The molecule has 7 atom stereocenters. The first-order chi connectivity index (χ1) is 20.8. The SMILES string of the molecule is CCCCCCCCCCCCCCCC(O)C(COC1OC(CO)C(O)C(O)C1O)NC(=O)CCCCCCCCC. The van der Waals surface area contributed by atoms with Crippen LogP contribution in [0.5, 0.6) is 0 Å². The zero-order chi connectivity index (χ0) is 31.7. The number of hydrogen-bond acceptors (Lipinski definition) is 8. The average Bonchev–Trinajstić information content (AvgIpc) is 3.00. The van der Waals surface area contributed by atoms with Crippen LogP contribution in [0, 0.1) is 0 Å². The van der Waals surface area contributed by atoms with Crippen molar-refractivity contribution in [1.82, 2.24) is 5.32 Å². The Morgan fingerprint density at radius 2 is 1.16 bits per heavy atom. The molecule has 1 aliphatic rings. The van der Waals surface area contributed by atoms with Crippen molar-refractivity contribution >= 4 is 5.91 Å². The third-order valence-electron chi connectivity index (χ3n) is 8.71. The van der Waals surface area contributed by atoms with Crippen LogP contribution in [0.25, 0.3) is 0 Å². The molecule has 0 aromatic rings. The molecule has 1 heterocycles. The smallest absolute Gasteiger partial charge is 0.220 e. The average molecular weight is 618 g/mol. The van der Waals surface area contributed by atoms with Crippen molar-refractivity contribution in [2.45, 2.75) is 198 Å². The molecule has 1 aliphatic heterocycles. The maximum atomic E-state index is 12.7. The van der Waals surface area contributed by atoms with Crippen LogP contribution >= 0.6 is 0 Å². The molecule has 6 N–H and O–H groups in total. The van der Waals surface area contributed by atoms with Gasteiger partial charge >= 0.3 is 0 Å². The molecule has 1 fully saturated rings. The molecule has 0 aromatic heterocycles. The summed E-state index contributed by atoms with van der Waals surface area (Å²) in [6.07, 6.45) is 17.0. The molecule has 1 rings (SSSR count). The van der Waals surface area contributed by atoms with Gasteiger partial charge in [-0.1, -0.05) is 136 Å². The largest absolute Gasteiger partial charge is 0.394 e. The summed E-state index contributed by atoms with van der Waals surface area (Å²) in [5, 5.41) is 53.8. The Kier molecular flexibility index (Phi) is 24.7. The molecule has 256 valence electrons. The first kappa shape index (κ1) is 40.2. The van der Waals surface area contributed by atoms with E-state index in [2.05, 4.69) is 19.2 Å². The molecule has 9 nitrogen and oxygen atoms in total. The molecule has 43 heavy (non-hydrogen) atoms. The summed E-state index contributed by atoms with van der Waals surface area (Å²) >= 11 is 0. The second-order valence-corrected chi connectivity index (χ2v) is 12.7. The molecule has 0 saturated carbocycles. The molecule has 1 amide bonds. The van der Waals surface area contributed by atoms with E-state index in [1.165, 1.54) is 89.9 Å². The summed E-state index contributed by atoms with van der Waals surface area (Å²) in [4.78, 5) is 12.7. The first-order valence-electron chi connectivity index (χ1n) is 17.7. The van der Waals surface area contributed by atoms with Crippen molar-refractivity contribution < 1.29 is 39.8 Å². The van der Waals surface area contributed by atoms with Gasteiger partial charge in [0.2, 0.25) is 5.91 Å². The zero-order valence-corrected chi connectivity index (χ0v) is 27.5. The summed E-state index contributed by atoms with van der Waals surface area (Å²) in [7, 11) is 0. The summed E-state index contributed by atoms with van der Waals surface area (Å²) in [6, 6.07) is -0.707. The van der Waals surface area contributed by atoms with Crippen molar-refractivity contribution in [2.75, 3.05) is 13.2 Å². The quantitative estimate of drug-likeness (QED) is 0.0651. The lowest BCUT2D eigenvalue weighted by atomic mass is 9.99. The Labute approximate surface area is 262 Å². The van der Waals surface area contributed by atoms with Crippen molar-refractivity contribution in [3.63, 3.8) is 0 Å². The van der Waals surface area contributed by atoms with Crippen LogP contribution in [0.2, 0.25) is 0 Å². The van der Waals surface area contributed by atoms with Gasteiger partial charge in [0.15, 0.2) is 6.29 Å². The minimum atomic E-state index is -1.54. The molecule has 0 radical (unpaired) electrons. The van der Waals surface area contributed by atoms with E-state index in [1.807, 2.05) is 0 Å². The van der Waals surface area contributed by atoms with Gasteiger partial charge in [-0.25, -0.2) is 0 Å². The lowest BCUT2D eigenvalue weighted by Crippen LogP contribution is -2.60. The Bertz CT molecular complexity index is 652. The number of amides is 1. The van der Waals surface area contributed by atoms with Crippen molar-refractivity contribution in [1.29, 1.82) is 0 Å². The molecule has 1 saturated heterocycles. The zero-order valence-electron chi connectivity index (χ0n) is 27.5. The monoisotopic (exact) mass is 617 g/mol. The Hall–Kier alpha value is -0.810. The Balaban J connectivity index is 2.44. The number of carbonyl (C=O) groups excluding carboxylic acids is 1. The normalized spacial score (nSPS) is 23.7. The maximum absolute atomic E-state index is 12.7. The number of hydrogen-bond donors (Lipinski definition) is 6. The second-order valence-electron chi connectivity index (χ2n) is 12.7. The van der Waals surface area contributed by atoms with Crippen molar-refractivity contribution in [2.24, 2.45) is 0 Å². The van der Waals surface area contributed by atoms with Crippen LogP contribution in [0.1, 0.15) is 155 Å². The van der Waals surface area contributed by atoms with Gasteiger partial charge < -0.3 is 40.3 Å². The van der Waals surface area contributed by atoms with Gasteiger partial charge in [-0.2, -0.15) is 0 Å². The molecule has 0 aliphatic carbocycles. The number of ether oxygens (including phenoxy) is 2. The molecule has 9 heteroatoms. The molecule has 0 spiro atoms. The topological polar surface area (TPSA) is 149 Å². The third-order valence-corrected chi connectivity index (χ3v) is 8.71. The van der Waals surface area contributed by atoms with Gasteiger partial charge in [0.1, 0.15) is 24.4 Å². The fourth-order valence-electron chi connectivity index (χ4n) is 5.75. The molecular formula is C34H67NO8. The number of unbranched alkanes of at least 4 members (excludes halogenated alkanes) is 18. The van der Waals surface area contributed by atoms with E-state index >= 15 is 0 Å². The first-order valence-corrected chi connectivity index (χ1v) is 17.7. The van der Waals surface area contributed by atoms with Gasteiger partial charge in [0.25, 0.3) is 0 Å². The standard InChI is InChI=1S/C34H67NO8/c1-3-5-7-9-11-12-13-14-15-16-18-19-21-23-28(37)27(35-30(38)24-22-20-17-10-8-6-4-2)26-42-34-33(41)32(40)31(39)29(25-36)43-34/h27-29,31-34,36-37,39-41H,3-26H2,1-2H3,(H,35,38). The fourth-order valence-corrected chi connectivity index (χ4v) is 5.75. The van der Waals surface area contributed by atoms with Crippen molar-refractivity contribution in [3.8, 4) is 0 Å². The van der Waals surface area contributed by atoms with E-state index in [-0.39, 0.29) is 12.5 Å². The van der Waals surface area contributed by atoms with E-state index in [0.717, 1.165) is 38.5 Å². The number of rotatable bonds is 28. The summed E-state index contributed by atoms with van der Waals surface area (Å²) in [6.45, 7) is 3.75. The summed E-state index contributed by atoms with van der Waals surface area (Å²) < 4.78 is 11.1. The highest BCUT2D eigenvalue weighted by molar-refractivity contribution is 5.76. The van der Waals surface area contributed by atoms with E-state index in [4.69, 9.17) is 9.47 Å². The van der Waals surface area contributed by atoms with Crippen LogP contribution < -0.4 is 5.32 Å². The highest BCUT2D eigenvalue weighted by atomic mass is 16.7. The highest BCUT2D eigenvalue weighted by Gasteiger charge is 2.44. The third kappa shape index (κ3) is 18.7. The minimum Gasteiger partial charge on any atom is -0.394 e. The molecule has 0 aromatic carbocycles. The van der Waals surface area contributed by atoms with Crippen LogP contribution in [0.3, 0.4) is 0 Å². The van der Waals surface area contributed by atoms with Gasteiger partial charge in [-0.3, -0.25) is 4.79 Å². The predicted octanol–water partition coefficient (Wildman–Crippen LogP) is 5.27. The number of carbonyl (C=O) groups is 1. The Morgan fingerprint density at radius 3 is 1.65 bits per heavy atom. The Morgan fingerprint density at radius 1 is 0.698 bits per heavy atom. The lowest BCUT2D eigenvalue weighted by Gasteiger charge is -2.40. The van der Waals surface area contributed by atoms with Crippen LogP contribution in [-0.2, 0) is 14.3 Å². The van der Waals surface area contributed by atoms with Gasteiger partial charge in [-0.15, -0.1) is 0 Å². The maximum Gasteiger partial charge on any atom is 0.220 e. The van der Waals surface area contributed by atoms with Gasteiger partial charge in [0, 0.05) is 6.42 Å². The highest BCUT2D eigenvalue weighted by Crippen LogP contribution is 2.23. The van der Waals surface area contributed by atoms with Gasteiger partial charge in [-0.05, 0) is 12.8 Å². The van der Waals surface area contributed by atoms with Gasteiger partial charge in [0.05, 0.1) is 25.4 Å². The fraction of sp³-hybridized carbons (Fsp3) is 0.971. The molecule has 0 bridgehead atoms. The van der Waals surface area contributed by atoms with E-state index in [9.17, 15) is 30.3 Å². The minimum absolute atomic E-state index is 0.134. The molecule has 7 unspecified atom stereocenters. The van der Waals surface area contributed by atoms with E-state index in [1.54, 1.807) is 0 Å². The number of aliphatic hydroxyl groups excluding tert-OH is 5. The number of nitrogens with one attached hydrogen (secondary N) is 1. The summed E-state index contributed by atoms with van der Waals surface area (Å²) in [5.74, 6) is -0.152. The van der Waals surface area contributed by atoms with E-state index < -0.39 is 49.5 Å². The summed E-state index contributed by atoms with van der Waals surface area (Å²) in [5.41, 5.74) is 0. The van der Waals surface area contributed by atoms with Crippen LogP contribution in [-0.4, -0.2) is 87.5 Å². The predicted molar refractivity (Wildman–Crippen MR) is 171 cm³/mol. The van der Waals surface area contributed by atoms with Crippen LogP contribution in [0.4, 0.5) is 0 Å². The van der Waals surface area contributed by atoms with E-state index in [0.29, 0.717) is 12.8 Å². The lowest BCUT2D eigenvalue weighted by molar-refractivity contribution is -0.302.